The van der Waals surface area contributed by atoms with Crippen molar-refractivity contribution in [2.24, 2.45) is 0 Å². The number of carbonyl (C=O) groups excluding carboxylic acids is 1. The fourth-order valence-corrected chi connectivity index (χ4v) is 4.07. The Balaban J connectivity index is 1.72. The van der Waals surface area contributed by atoms with Gasteiger partial charge in [-0.15, -0.1) is 0 Å². The van der Waals surface area contributed by atoms with Crippen molar-refractivity contribution in [1.82, 2.24) is 0 Å². The fraction of sp³-hybridized carbons (Fsp3) is 0.533. The quantitative estimate of drug-likeness (QED) is 0.835. The second kappa shape index (κ2) is 5.35. The van der Waals surface area contributed by atoms with Gasteiger partial charge in [0.25, 0.3) is 0 Å². The van der Waals surface area contributed by atoms with Crippen molar-refractivity contribution >= 4 is 17.5 Å². The Morgan fingerprint density at radius 1 is 1.33 bits per heavy atom. The van der Waals surface area contributed by atoms with Crippen LogP contribution in [0.1, 0.15) is 37.2 Å². The minimum absolute atomic E-state index is 0.264. The van der Waals surface area contributed by atoms with E-state index >= 15 is 0 Å². The summed E-state index contributed by atoms with van der Waals surface area (Å²) in [5.74, 6) is 2.93. The molecule has 1 saturated heterocycles. The van der Waals surface area contributed by atoms with E-state index in [2.05, 4.69) is 6.07 Å². The van der Waals surface area contributed by atoms with Gasteiger partial charge in [0.2, 0.25) is 0 Å². The van der Waals surface area contributed by atoms with Gasteiger partial charge in [0, 0.05) is 6.42 Å². The third-order valence-corrected chi connectivity index (χ3v) is 5.24. The molecule has 0 N–H and O–H groups in total. The molecule has 2 nitrogen and oxygen atoms in total. The first-order valence-corrected chi connectivity index (χ1v) is 7.75. The SMILES string of the molecule is O=C(CC1CCOc2ccccc21)C1CCCS1. The van der Waals surface area contributed by atoms with Crippen LogP contribution in [0.15, 0.2) is 24.3 Å². The molecule has 3 rings (SSSR count). The Morgan fingerprint density at radius 2 is 2.22 bits per heavy atom. The van der Waals surface area contributed by atoms with Crippen LogP contribution in [0.5, 0.6) is 5.75 Å². The summed E-state index contributed by atoms with van der Waals surface area (Å²) in [4.78, 5) is 12.3. The first kappa shape index (κ1) is 12.1. The molecular weight excluding hydrogens is 244 g/mol. The molecular formula is C15H18O2S. The third-order valence-electron chi connectivity index (χ3n) is 3.82. The molecule has 0 bridgehead atoms. The van der Waals surface area contributed by atoms with Gasteiger partial charge >= 0.3 is 0 Å². The second-order valence-electron chi connectivity index (χ2n) is 5.04. The number of thioether (sulfide) groups is 1. The molecule has 0 saturated carbocycles. The lowest BCUT2D eigenvalue weighted by Gasteiger charge is -2.26. The maximum absolute atomic E-state index is 12.3. The van der Waals surface area contributed by atoms with E-state index in [1.54, 1.807) is 0 Å². The van der Waals surface area contributed by atoms with Crippen LogP contribution < -0.4 is 4.74 Å². The average molecular weight is 262 g/mol. The van der Waals surface area contributed by atoms with Crippen molar-refractivity contribution in [3.05, 3.63) is 29.8 Å². The molecule has 1 fully saturated rings. The molecule has 2 heterocycles. The lowest BCUT2D eigenvalue weighted by Crippen LogP contribution is -2.21. The summed E-state index contributed by atoms with van der Waals surface area (Å²) < 4.78 is 5.64. The number of rotatable bonds is 3. The lowest BCUT2D eigenvalue weighted by atomic mass is 9.88. The summed E-state index contributed by atoms with van der Waals surface area (Å²) in [7, 11) is 0. The van der Waals surface area contributed by atoms with Gasteiger partial charge in [0.15, 0.2) is 0 Å². The number of carbonyl (C=O) groups is 1. The van der Waals surface area contributed by atoms with Gasteiger partial charge in [0.05, 0.1) is 11.9 Å². The first-order chi connectivity index (χ1) is 8.84. The molecule has 0 amide bonds. The second-order valence-corrected chi connectivity index (χ2v) is 6.35. The number of ketones is 1. The molecule has 0 aromatic heterocycles. The molecule has 0 radical (unpaired) electrons. The van der Waals surface area contributed by atoms with Crippen LogP contribution in [0.4, 0.5) is 0 Å². The number of Topliss-reactive ketones (excluding diaryl/α,β-unsaturated/α-hetero) is 1. The highest BCUT2D eigenvalue weighted by atomic mass is 32.2. The molecule has 1 aromatic carbocycles. The number of benzene rings is 1. The molecule has 2 aliphatic rings. The van der Waals surface area contributed by atoms with E-state index < -0.39 is 0 Å². The van der Waals surface area contributed by atoms with Gasteiger partial charge in [-0.3, -0.25) is 4.79 Å². The van der Waals surface area contributed by atoms with Gasteiger partial charge in [-0.25, -0.2) is 0 Å². The van der Waals surface area contributed by atoms with Crippen molar-refractivity contribution in [3.8, 4) is 5.75 Å². The molecule has 3 heteroatoms. The Hall–Kier alpha value is -0.960. The Bertz CT molecular complexity index is 438. The van der Waals surface area contributed by atoms with E-state index in [0.29, 0.717) is 18.1 Å². The molecule has 2 aliphatic heterocycles. The van der Waals surface area contributed by atoms with Crippen LogP contribution in [0.3, 0.4) is 0 Å². The van der Waals surface area contributed by atoms with Crippen molar-refractivity contribution in [2.45, 2.75) is 36.9 Å². The maximum atomic E-state index is 12.3. The summed E-state index contributed by atoms with van der Waals surface area (Å²) in [5, 5.41) is 0.264. The zero-order valence-electron chi connectivity index (χ0n) is 10.4. The lowest BCUT2D eigenvalue weighted by molar-refractivity contribution is -0.119. The number of para-hydroxylation sites is 1. The predicted octanol–water partition coefficient (Wildman–Crippen LogP) is 3.41. The average Bonchev–Trinajstić information content (AvgIpc) is 2.93. The maximum Gasteiger partial charge on any atom is 0.146 e. The molecule has 0 aliphatic carbocycles. The molecule has 96 valence electrons. The number of hydrogen-bond donors (Lipinski definition) is 0. The monoisotopic (exact) mass is 262 g/mol. The van der Waals surface area contributed by atoms with Crippen LogP contribution in [-0.2, 0) is 4.79 Å². The molecule has 1 aromatic rings. The molecule has 2 atom stereocenters. The minimum atomic E-state index is 0.264. The van der Waals surface area contributed by atoms with E-state index in [9.17, 15) is 4.79 Å². The van der Waals surface area contributed by atoms with Crippen LogP contribution >= 0.6 is 11.8 Å². The van der Waals surface area contributed by atoms with Crippen LogP contribution in [-0.4, -0.2) is 23.4 Å². The summed E-state index contributed by atoms with van der Waals surface area (Å²) in [5.41, 5.74) is 1.22. The topological polar surface area (TPSA) is 26.3 Å². The number of fused-ring (bicyclic) bond motifs is 1. The standard InChI is InChI=1S/C15H18O2S/c16-13(15-6-3-9-18-15)10-11-7-8-17-14-5-2-1-4-12(11)14/h1-2,4-5,11,15H,3,6-10H2. The highest BCUT2D eigenvalue weighted by Crippen LogP contribution is 2.37. The van der Waals surface area contributed by atoms with Crippen molar-refractivity contribution in [3.63, 3.8) is 0 Å². The van der Waals surface area contributed by atoms with Crippen molar-refractivity contribution < 1.29 is 9.53 Å². The normalized spacial score (nSPS) is 26.4. The minimum Gasteiger partial charge on any atom is -0.493 e. The van der Waals surface area contributed by atoms with Gasteiger partial charge in [0.1, 0.15) is 11.5 Å². The summed E-state index contributed by atoms with van der Waals surface area (Å²) in [6.45, 7) is 0.743. The third kappa shape index (κ3) is 2.41. The van der Waals surface area contributed by atoms with Gasteiger partial charge in [-0.05, 0) is 42.6 Å². The van der Waals surface area contributed by atoms with Crippen LogP contribution in [0.25, 0.3) is 0 Å². The van der Waals surface area contributed by atoms with Gasteiger partial charge < -0.3 is 4.74 Å². The molecule has 2 unspecified atom stereocenters. The predicted molar refractivity (Wildman–Crippen MR) is 74.4 cm³/mol. The van der Waals surface area contributed by atoms with Gasteiger partial charge in [-0.1, -0.05) is 18.2 Å². The highest BCUT2D eigenvalue weighted by molar-refractivity contribution is 8.00. The number of hydrogen-bond acceptors (Lipinski definition) is 3. The van der Waals surface area contributed by atoms with E-state index in [1.807, 2.05) is 30.0 Å². The van der Waals surface area contributed by atoms with Crippen LogP contribution in [0, 0.1) is 0 Å². The molecule has 18 heavy (non-hydrogen) atoms. The zero-order valence-corrected chi connectivity index (χ0v) is 11.2. The van der Waals surface area contributed by atoms with E-state index in [4.69, 9.17) is 4.74 Å². The summed E-state index contributed by atoms with van der Waals surface area (Å²) in [6.07, 6.45) is 3.94. The Kier molecular flexibility index (Phi) is 3.59. The van der Waals surface area contributed by atoms with Crippen LogP contribution in [0.2, 0.25) is 0 Å². The highest BCUT2D eigenvalue weighted by Gasteiger charge is 2.28. The van der Waals surface area contributed by atoms with E-state index in [0.717, 1.165) is 31.0 Å². The van der Waals surface area contributed by atoms with Crippen molar-refractivity contribution in [2.75, 3.05) is 12.4 Å². The smallest absolute Gasteiger partial charge is 0.146 e. The Labute approximate surface area is 112 Å². The summed E-state index contributed by atoms with van der Waals surface area (Å²) >= 11 is 1.84. The summed E-state index contributed by atoms with van der Waals surface area (Å²) in [6, 6.07) is 8.15. The van der Waals surface area contributed by atoms with E-state index in [1.165, 1.54) is 12.0 Å². The van der Waals surface area contributed by atoms with Crippen molar-refractivity contribution in [1.29, 1.82) is 0 Å². The zero-order chi connectivity index (χ0) is 12.4. The van der Waals surface area contributed by atoms with E-state index in [-0.39, 0.29) is 5.25 Å². The first-order valence-electron chi connectivity index (χ1n) is 6.70. The largest absolute Gasteiger partial charge is 0.493 e. The fourth-order valence-electron chi connectivity index (χ4n) is 2.83. The van der Waals surface area contributed by atoms with Gasteiger partial charge in [-0.2, -0.15) is 11.8 Å². The Morgan fingerprint density at radius 3 is 3.06 bits per heavy atom. The number of ether oxygens (including phenoxy) is 1. The molecule has 0 spiro atoms.